The summed E-state index contributed by atoms with van der Waals surface area (Å²) < 4.78 is 57.3. The Hall–Kier alpha value is -2.39. The van der Waals surface area contributed by atoms with Crippen molar-refractivity contribution in [3.63, 3.8) is 0 Å². The molecule has 0 saturated heterocycles. The van der Waals surface area contributed by atoms with E-state index in [0.29, 0.717) is 11.1 Å². The summed E-state index contributed by atoms with van der Waals surface area (Å²) in [5.74, 6) is -2.37. The molecule has 10 heteroatoms. The van der Waals surface area contributed by atoms with E-state index in [9.17, 15) is 22.0 Å². The molecule has 0 saturated carbocycles. The van der Waals surface area contributed by atoms with E-state index in [1.54, 1.807) is 0 Å². The predicted octanol–water partition coefficient (Wildman–Crippen LogP) is 2.78. The van der Waals surface area contributed by atoms with Crippen molar-refractivity contribution in [3.8, 4) is 5.75 Å². The second-order valence-electron chi connectivity index (χ2n) is 5.63. The van der Waals surface area contributed by atoms with Gasteiger partial charge in [-0.25, -0.2) is 17.2 Å². The van der Waals surface area contributed by atoms with Gasteiger partial charge in [0.25, 0.3) is 5.91 Å². The molecule has 1 aliphatic rings. The van der Waals surface area contributed by atoms with Gasteiger partial charge in [0.1, 0.15) is 17.4 Å². The Bertz CT molecular complexity index is 984. The minimum absolute atomic E-state index is 0.144. The highest BCUT2D eigenvalue weighted by Gasteiger charge is 2.35. The number of fused-ring (bicyclic) bond motifs is 1. The Kier molecular flexibility index (Phi) is 4.76. The number of hydrogen-bond acceptors (Lipinski definition) is 4. The van der Waals surface area contributed by atoms with Crippen molar-refractivity contribution in [2.75, 3.05) is 22.4 Å². The average molecular weight is 403 g/mol. The van der Waals surface area contributed by atoms with Gasteiger partial charge in [0.15, 0.2) is 6.10 Å². The Morgan fingerprint density at radius 2 is 2.00 bits per heavy atom. The van der Waals surface area contributed by atoms with Gasteiger partial charge in [0.05, 0.1) is 24.2 Å². The molecule has 2 aromatic carbocycles. The quantitative estimate of drug-likeness (QED) is 0.856. The van der Waals surface area contributed by atoms with Crippen LogP contribution in [0.25, 0.3) is 0 Å². The fourth-order valence-electron chi connectivity index (χ4n) is 2.48. The highest BCUT2D eigenvalue weighted by Crippen LogP contribution is 2.37. The van der Waals surface area contributed by atoms with Crippen molar-refractivity contribution in [2.24, 2.45) is 0 Å². The standard InChI is InChI=1S/C16H13ClF2N2O4S/c1-26(23,24)21-8-15(25-14-5-2-9(17)6-13(14)21)16(22)20-12-4-3-10(18)7-11(12)19/h2-7,15H,8H2,1H3,(H,20,22)/t15-/m1/s1. The maximum Gasteiger partial charge on any atom is 0.267 e. The second kappa shape index (κ2) is 6.73. The van der Waals surface area contributed by atoms with Gasteiger partial charge in [-0.05, 0) is 30.3 Å². The Morgan fingerprint density at radius 1 is 1.27 bits per heavy atom. The summed E-state index contributed by atoms with van der Waals surface area (Å²) in [5, 5.41) is 2.57. The third-order valence-electron chi connectivity index (χ3n) is 3.67. The lowest BCUT2D eigenvalue weighted by atomic mass is 10.2. The summed E-state index contributed by atoms with van der Waals surface area (Å²) in [6.45, 7) is -0.319. The third kappa shape index (κ3) is 3.73. The smallest absolute Gasteiger partial charge is 0.267 e. The number of anilines is 2. The summed E-state index contributed by atoms with van der Waals surface area (Å²) >= 11 is 5.90. The summed E-state index contributed by atoms with van der Waals surface area (Å²) in [6.07, 6.45) is -0.250. The van der Waals surface area contributed by atoms with Crippen molar-refractivity contribution in [3.05, 3.63) is 53.1 Å². The number of rotatable bonds is 3. The predicted molar refractivity (Wildman–Crippen MR) is 93.0 cm³/mol. The Morgan fingerprint density at radius 3 is 2.65 bits per heavy atom. The van der Waals surface area contributed by atoms with E-state index in [2.05, 4.69) is 5.32 Å². The normalized spacial score (nSPS) is 16.6. The number of carbonyl (C=O) groups excluding carboxylic acids is 1. The van der Waals surface area contributed by atoms with Gasteiger partial charge in [-0.3, -0.25) is 9.10 Å². The van der Waals surface area contributed by atoms with Crippen molar-refractivity contribution in [1.82, 2.24) is 0 Å². The topological polar surface area (TPSA) is 75.7 Å². The largest absolute Gasteiger partial charge is 0.476 e. The summed E-state index contributed by atoms with van der Waals surface area (Å²) in [5.41, 5.74) is -0.0372. The maximum atomic E-state index is 13.7. The van der Waals surface area contributed by atoms with Crippen molar-refractivity contribution >= 4 is 38.9 Å². The van der Waals surface area contributed by atoms with E-state index >= 15 is 0 Å². The van der Waals surface area contributed by atoms with Crippen LogP contribution in [0.2, 0.25) is 5.02 Å². The fourth-order valence-corrected chi connectivity index (χ4v) is 3.55. The molecular formula is C16H13ClF2N2O4S. The molecule has 0 unspecified atom stereocenters. The van der Waals surface area contributed by atoms with Crippen LogP contribution in [-0.2, 0) is 14.8 Å². The molecule has 0 aliphatic carbocycles. The van der Waals surface area contributed by atoms with Gasteiger partial charge < -0.3 is 10.1 Å². The third-order valence-corrected chi connectivity index (χ3v) is 5.05. The van der Waals surface area contributed by atoms with Gasteiger partial charge in [-0.2, -0.15) is 0 Å². The van der Waals surface area contributed by atoms with E-state index in [4.69, 9.17) is 16.3 Å². The first-order valence-corrected chi connectivity index (χ1v) is 9.57. The van der Waals surface area contributed by atoms with Crippen LogP contribution in [0.15, 0.2) is 36.4 Å². The van der Waals surface area contributed by atoms with E-state index < -0.39 is 33.7 Å². The van der Waals surface area contributed by atoms with Gasteiger partial charge in [0.2, 0.25) is 10.0 Å². The molecule has 1 N–H and O–H groups in total. The number of nitrogens with zero attached hydrogens (tertiary/aromatic N) is 1. The lowest BCUT2D eigenvalue weighted by molar-refractivity contribution is -0.122. The minimum Gasteiger partial charge on any atom is -0.476 e. The van der Waals surface area contributed by atoms with Crippen molar-refractivity contribution in [2.45, 2.75) is 6.10 Å². The SMILES string of the molecule is CS(=O)(=O)N1C[C@H](C(=O)Nc2ccc(F)cc2F)Oc2ccc(Cl)cc21. The van der Waals surface area contributed by atoms with Crippen LogP contribution in [0.1, 0.15) is 0 Å². The Labute approximate surface area is 153 Å². The Balaban J connectivity index is 1.89. The first-order chi connectivity index (χ1) is 12.1. The molecule has 0 bridgehead atoms. The molecular weight excluding hydrogens is 390 g/mol. The molecule has 0 radical (unpaired) electrons. The molecule has 1 atom stereocenters. The van der Waals surface area contributed by atoms with Crippen LogP contribution in [-0.4, -0.2) is 33.2 Å². The zero-order valence-corrected chi connectivity index (χ0v) is 14.9. The summed E-state index contributed by atoms with van der Waals surface area (Å²) in [6, 6.07) is 7.01. The van der Waals surface area contributed by atoms with E-state index in [0.717, 1.165) is 22.7 Å². The molecule has 2 aromatic rings. The first-order valence-electron chi connectivity index (χ1n) is 7.35. The zero-order valence-electron chi connectivity index (χ0n) is 13.4. The van der Waals surface area contributed by atoms with Crippen LogP contribution in [0.3, 0.4) is 0 Å². The number of halogens is 3. The van der Waals surface area contributed by atoms with Gasteiger partial charge in [-0.15, -0.1) is 0 Å². The van der Waals surface area contributed by atoms with Crippen LogP contribution >= 0.6 is 11.6 Å². The minimum atomic E-state index is -3.72. The molecule has 6 nitrogen and oxygen atoms in total. The van der Waals surface area contributed by atoms with Gasteiger partial charge in [-0.1, -0.05) is 11.6 Å². The zero-order chi connectivity index (χ0) is 19.1. The number of carbonyl (C=O) groups is 1. The van der Waals surface area contributed by atoms with Gasteiger partial charge in [0, 0.05) is 11.1 Å². The van der Waals surface area contributed by atoms with Crippen LogP contribution in [0, 0.1) is 11.6 Å². The van der Waals surface area contributed by atoms with E-state index in [1.807, 2.05) is 0 Å². The van der Waals surface area contributed by atoms with Crippen LogP contribution in [0.5, 0.6) is 5.75 Å². The van der Waals surface area contributed by atoms with Crippen LogP contribution in [0.4, 0.5) is 20.2 Å². The lowest BCUT2D eigenvalue weighted by Crippen LogP contribution is -2.48. The number of sulfonamides is 1. The molecule has 3 rings (SSSR count). The van der Waals surface area contributed by atoms with E-state index in [-0.39, 0.29) is 23.7 Å². The molecule has 0 fully saturated rings. The average Bonchev–Trinajstić information content (AvgIpc) is 2.55. The maximum absolute atomic E-state index is 13.7. The van der Waals surface area contributed by atoms with Crippen molar-refractivity contribution < 1.29 is 26.7 Å². The van der Waals surface area contributed by atoms with Crippen molar-refractivity contribution in [1.29, 1.82) is 0 Å². The number of ether oxygens (including phenoxy) is 1. The highest BCUT2D eigenvalue weighted by molar-refractivity contribution is 7.92. The molecule has 0 aromatic heterocycles. The lowest BCUT2D eigenvalue weighted by Gasteiger charge is -2.34. The monoisotopic (exact) mass is 402 g/mol. The van der Waals surface area contributed by atoms with Crippen LogP contribution < -0.4 is 14.4 Å². The number of benzene rings is 2. The molecule has 1 heterocycles. The molecule has 138 valence electrons. The first kappa shape index (κ1) is 18.4. The number of nitrogens with one attached hydrogen (secondary N) is 1. The molecule has 1 aliphatic heterocycles. The molecule has 26 heavy (non-hydrogen) atoms. The number of hydrogen-bond donors (Lipinski definition) is 1. The molecule has 0 spiro atoms. The van der Waals surface area contributed by atoms with E-state index in [1.165, 1.54) is 18.2 Å². The summed E-state index contributed by atoms with van der Waals surface area (Å²) in [7, 11) is -3.72. The second-order valence-corrected chi connectivity index (χ2v) is 7.97. The van der Waals surface area contributed by atoms with Gasteiger partial charge >= 0.3 is 0 Å². The highest BCUT2D eigenvalue weighted by atomic mass is 35.5. The number of amides is 1. The summed E-state index contributed by atoms with van der Waals surface area (Å²) in [4.78, 5) is 12.4. The fraction of sp³-hybridized carbons (Fsp3) is 0.188. The molecule has 1 amide bonds.